The fourth-order valence-electron chi connectivity index (χ4n) is 1.91. The minimum Gasteiger partial charge on any atom is -0.326 e. The van der Waals surface area contributed by atoms with E-state index in [1.165, 1.54) is 11.0 Å². The van der Waals surface area contributed by atoms with Crippen molar-refractivity contribution in [1.82, 2.24) is 0 Å². The van der Waals surface area contributed by atoms with Gasteiger partial charge in [-0.3, -0.25) is 14.9 Å². The molecule has 1 amide bonds. The predicted molar refractivity (Wildman–Crippen MR) is 73.4 cm³/mol. The second-order valence-corrected chi connectivity index (χ2v) is 5.75. The lowest BCUT2D eigenvalue weighted by atomic mass is 10.2. The zero-order valence-corrected chi connectivity index (χ0v) is 12.3. The lowest BCUT2D eigenvalue weighted by Crippen LogP contribution is -2.28. The quantitative estimate of drug-likeness (QED) is 0.630. The second kappa shape index (κ2) is 4.94. The molecular weight excluding hydrogens is 370 g/mol. The Hall–Kier alpha value is -0.990. The van der Waals surface area contributed by atoms with Crippen molar-refractivity contribution in [3.05, 3.63) is 31.2 Å². The average molecular weight is 379 g/mol. The number of amides is 1. The third-order valence-corrected chi connectivity index (χ3v) is 3.69. The number of nitrogens with zero attached hydrogens (tertiary/aromatic N) is 2. The molecule has 1 unspecified atom stereocenters. The summed E-state index contributed by atoms with van der Waals surface area (Å²) in [5.74, 6) is -0.200. The van der Waals surface area contributed by atoms with Crippen LogP contribution < -0.4 is 10.6 Å². The van der Waals surface area contributed by atoms with Crippen LogP contribution in [0, 0.1) is 10.1 Å². The topological polar surface area (TPSA) is 89.5 Å². The van der Waals surface area contributed by atoms with Gasteiger partial charge in [-0.25, -0.2) is 0 Å². The van der Waals surface area contributed by atoms with E-state index in [1.54, 1.807) is 6.07 Å². The number of carbonyl (C=O) groups is 1. The van der Waals surface area contributed by atoms with E-state index in [0.717, 1.165) is 0 Å². The van der Waals surface area contributed by atoms with Crippen molar-refractivity contribution in [3.8, 4) is 0 Å². The van der Waals surface area contributed by atoms with Crippen LogP contribution in [-0.2, 0) is 4.79 Å². The number of nitro groups is 1. The van der Waals surface area contributed by atoms with E-state index in [0.29, 0.717) is 15.5 Å². The van der Waals surface area contributed by atoms with E-state index in [9.17, 15) is 14.9 Å². The Bertz CT molecular complexity index is 535. The Labute approximate surface area is 120 Å². The molecule has 96 valence electrons. The minimum absolute atomic E-state index is 0.126. The maximum absolute atomic E-state index is 11.8. The van der Waals surface area contributed by atoms with Crippen LogP contribution in [0.5, 0.6) is 0 Å². The molecule has 1 aliphatic heterocycles. The Morgan fingerprint density at radius 1 is 1.44 bits per heavy atom. The zero-order valence-electron chi connectivity index (χ0n) is 9.10. The number of rotatable bonds is 2. The fourth-order valence-corrected chi connectivity index (χ4v) is 3.33. The Morgan fingerprint density at radius 3 is 2.61 bits per heavy atom. The SMILES string of the molecule is NC1CC(=O)N(c2c(Br)cc(Br)cc2[N+](=O)[O-])C1. The summed E-state index contributed by atoms with van der Waals surface area (Å²) >= 11 is 6.44. The zero-order chi connectivity index (χ0) is 13.4. The number of hydrogen-bond donors (Lipinski definition) is 1. The summed E-state index contributed by atoms with van der Waals surface area (Å²) in [6.07, 6.45) is 0.208. The number of benzene rings is 1. The normalized spacial score (nSPS) is 19.4. The summed E-state index contributed by atoms with van der Waals surface area (Å²) in [7, 11) is 0. The first-order valence-corrected chi connectivity index (χ1v) is 6.68. The number of halogens is 2. The van der Waals surface area contributed by atoms with Crippen LogP contribution in [0.1, 0.15) is 6.42 Å². The molecule has 1 fully saturated rings. The van der Waals surface area contributed by atoms with Gasteiger partial charge in [-0.15, -0.1) is 0 Å². The maximum Gasteiger partial charge on any atom is 0.295 e. The number of hydrogen-bond acceptors (Lipinski definition) is 4. The van der Waals surface area contributed by atoms with E-state index in [1.807, 2.05) is 0 Å². The van der Waals surface area contributed by atoms with E-state index in [-0.39, 0.29) is 29.7 Å². The van der Waals surface area contributed by atoms with Gasteiger partial charge in [-0.2, -0.15) is 0 Å². The number of anilines is 1. The van der Waals surface area contributed by atoms with Gasteiger partial charge in [0.05, 0.1) is 4.92 Å². The fraction of sp³-hybridized carbons (Fsp3) is 0.300. The maximum atomic E-state index is 11.8. The highest BCUT2D eigenvalue weighted by Crippen LogP contribution is 2.40. The van der Waals surface area contributed by atoms with Gasteiger partial charge in [0.25, 0.3) is 5.69 Å². The standard InChI is InChI=1S/C10H9Br2N3O3/c11-5-1-7(12)10(8(2-5)15(17)18)14-4-6(13)3-9(14)16/h1-2,6H,3-4,13H2. The van der Waals surface area contributed by atoms with Crippen molar-refractivity contribution >= 4 is 49.1 Å². The molecule has 0 radical (unpaired) electrons. The Kier molecular flexibility index (Phi) is 3.69. The van der Waals surface area contributed by atoms with E-state index in [2.05, 4.69) is 31.9 Å². The van der Waals surface area contributed by atoms with Crippen LogP contribution in [0.2, 0.25) is 0 Å². The van der Waals surface area contributed by atoms with Crippen molar-refractivity contribution in [2.75, 3.05) is 11.4 Å². The van der Waals surface area contributed by atoms with E-state index >= 15 is 0 Å². The van der Waals surface area contributed by atoms with Crippen LogP contribution in [0.3, 0.4) is 0 Å². The lowest BCUT2D eigenvalue weighted by Gasteiger charge is -2.18. The first-order valence-electron chi connectivity index (χ1n) is 5.09. The van der Waals surface area contributed by atoms with Crippen LogP contribution in [0.4, 0.5) is 11.4 Å². The molecule has 0 aliphatic carbocycles. The number of nitrogens with two attached hydrogens (primary N) is 1. The first kappa shape index (κ1) is 13.4. The molecule has 0 aromatic heterocycles. The first-order chi connectivity index (χ1) is 8.40. The van der Waals surface area contributed by atoms with Crippen LogP contribution >= 0.6 is 31.9 Å². The molecule has 0 saturated carbocycles. The van der Waals surface area contributed by atoms with Crippen LogP contribution in [-0.4, -0.2) is 23.4 Å². The highest BCUT2D eigenvalue weighted by Gasteiger charge is 2.34. The Morgan fingerprint density at radius 2 is 2.11 bits per heavy atom. The molecule has 6 nitrogen and oxygen atoms in total. The van der Waals surface area contributed by atoms with Crippen molar-refractivity contribution in [3.63, 3.8) is 0 Å². The molecule has 1 aromatic carbocycles. The van der Waals surface area contributed by atoms with Gasteiger partial charge in [0.2, 0.25) is 5.91 Å². The second-order valence-electron chi connectivity index (χ2n) is 3.98. The molecular formula is C10H9Br2N3O3. The van der Waals surface area contributed by atoms with Gasteiger partial charge in [0.15, 0.2) is 0 Å². The summed E-state index contributed by atoms with van der Waals surface area (Å²) in [6, 6.07) is 2.75. The molecule has 0 spiro atoms. The molecule has 1 heterocycles. The van der Waals surface area contributed by atoms with Crippen LogP contribution in [0.15, 0.2) is 21.1 Å². The van der Waals surface area contributed by atoms with Crippen LogP contribution in [0.25, 0.3) is 0 Å². The monoisotopic (exact) mass is 377 g/mol. The predicted octanol–water partition coefficient (Wildman–Crippen LogP) is 2.18. The molecule has 8 heteroatoms. The summed E-state index contributed by atoms with van der Waals surface area (Å²) in [6.45, 7) is 0.292. The van der Waals surface area contributed by atoms with Crippen molar-refractivity contribution in [2.24, 2.45) is 5.73 Å². The molecule has 2 N–H and O–H groups in total. The van der Waals surface area contributed by atoms with E-state index in [4.69, 9.17) is 5.73 Å². The van der Waals surface area contributed by atoms with E-state index < -0.39 is 4.92 Å². The van der Waals surface area contributed by atoms with Gasteiger partial charge >= 0.3 is 0 Å². The molecule has 1 atom stereocenters. The lowest BCUT2D eigenvalue weighted by molar-refractivity contribution is -0.384. The summed E-state index contributed by atoms with van der Waals surface area (Å²) < 4.78 is 1.06. The smallest absolute Gasteiger partial charge is 0.295 e. The van der Waals surface area contributed by atoms with Gasteiger partial charge in [-0.1, -0.05) is 15.9 Å². The summed E-state index contributed by atoms with van der Waals surface area (Å²) in [5, 5.41) is 11.1. The highest BCUT2D eigenvalue weighted by molar-refractivity contribution is 9.11. The third-order valence-electron chi connectivity index (χ3n) is 2.63. The highest BCUT2D eigenvalue weighted by atomic mass is 79.9. The molecule has 1 aromatic rings. The average Bonchev–Trinajstić information content (AvgIpc) is 2.56. The minimum atomic E-state index is -0.512. The Balaban J connectivity index is 2.56. The van der Waals surface area contributed by atoms with Gasteiger partial charge in [0, 0.05) is 34.0 Å². The van der Waals surface area contributed by atoms with Gasteiger partial charge in [0.1, 0.15) is 5.69 Å². The summed E-state index contributed by atoms with van der Waals surface area (Å²) in [5.41, 5.74) is 5.84. The third kappa shape index (κ3) is 2.40. The van der Waals surface area contributed by atoms with Crippen molar-refractivity contribution in [1.29, 1.82) is 0 Å². The molecule has 1 aliphatic rings. The van der Waals surface area contributed by atoms with Gasteiger partial charge in [-0.05, 0) is 22.0 Å². The molecule has 0 bridgehead atoms. The summed E-state index contributed by atoms with van der Waals surface area (Å²) in [4.78, 5) is 23.7. The molecule has 2 rings (SSSR count). The largest absolute Gasteiger partial charge is 0.326 e. The van der Waals surface area contributed by atoms with Gasteiger partial charge < -0.3 is 10.6 Å². The van der Waals surface area contributed by atoms with Crippen molar-refractivity contribution in [2.45, 2.75) is 12.5 Å². The molecule has 1 saturated heterocycles. The number of carbonyl (C=O) groups excluding carboxylic acids is 1. The molecule has 18 heavy (non-hydrogen) atoms. The number of nitro benzene ring substituents is 1. The van der Waals surface area contributed by atoms with Crippen molar-refractivity contribution < 1.29 is 9.72 Å².